The molecule has 158 valence electrons. The fourth-order valence-corrected chi connectivity index (χ4v) is 3.95. The standard InChI is InChI=1S/C23H27ClN4O2/c1-16-21(25-20-7-5-6-10-28(16)20)18-15-17(8-9-19(18)24)26-11-13-27(14-12-26)22(29)30-23(2,3)4/h5-10,15H,11-14H2,1-4H3. The number of hydrogen-bond donors (Lipinski definition) is 0. The molecule has 0 N–H and O–H groups in total. The van der Waals surface area contributed by atoms with Crippen molar-refractivity contribution >= 4 is 29.0 Å². The highest BCUT2D eigenvalue weighted by Crippen LogP contribution is 2.34. The van der Waals surface area contributed by atoms with Crippen molar-refractivity contribution in [2.45, 2.75) is 33.3 Å². The number of benzene rings is 1. The molecule has 0 bridgehead atoms. The lowest BCUT2D eigenvalue weighted by Crippen LogP contribution is -2.50. The quantitative estimate of drug-likeness (QED) is 0.577. The Labute approximate surface area is 182 Å². The largest absolute Gasteiger partial charge is 0.444 e. The minimum absolute atomic E-state index is 0.251. The van der Waals surface area contributed by atoms with Crippen LogP contribution in [-0.4, -0.2) is 52.2 Å². The Kier molecular flexibility index (Phi) is 5.36. The number of carbonyl (C=O) groups excluding carboxylic acids is 1. The van der Waals surface area contributed by atoms with Gasteiger partial charge in [-0.25, -0.2) is 9.78 Å². The molecule has 0 atom stereocenters. The molecule has 0 saturated carbocycles. The van der Waals surface area contributed by atoms with Gasteiger partial charge in [0.15, 0.2) is 0 Å². The van der Waals surface area contributed by atoms with Crippen molar-refractivity contribution in [3.8, 4) is 11.3 Å². The lowest BCUT2D eigenvalue weighted by molar-refractivity contribution is 0.0240. The van der Waals surface area contributed by atoms with Crippen molar-refractivity contribution in [2.24, 2.45) is 0 Å². The van der Waals surface area contributed by atoms with Crippen LogP contribution in [0.3, 0.4) is 0 Å². The molecular formula is C23H27ClN4O2. The number of piperazine rings is 1. The van der Waals surface area contributed by atoms with E-state index in [1.54, 1.807) is 4.90 Å². The molecule has 6 nitrogen and oxygen atoms in total. The fourth-order valence-electron chi connectivity index (χ4n) is 3.74. The zero-order valence-electron chi connectivity index (χ0n) is 17.9. The van der Waals surface area contributed by atoms with E-state index in [0.717, 1.165) is 41.4 Å². The first-order valence-corrected chi connectivity index (χ1v) is 10.6. The number of anilines is 1. The number of aryl methyl sites for hydroxylation is 1. The topological polar surface area (TPSA) is 50.1 Å². The van der Waals surface area contributed by atoms with Crippen LogP contribution in [0.5, 0.6) is 0 Å². The summed E-state index contributed by atoms with van der Waals surface area (Å²) < 4.78 is 7.56. The van der Waals surface area contributed by atoms with Gasteiger partial charge in [-0.05, 0) is 58.0 Å². The average molecular weight is 427 g/mol. The SMILES string of the molecule is Cc1c(-c2cc(N3CCN(C(=O)OC(C)(C)C)CC3)ccc2Cl)nc2ccccn12. The lowest BCUT2D eigenvalue weighted by Gasteiger charge is -2.37. The second-order valence-electron chi connectivity index (χ2n) is 8.59. The van der Waals surface area contributed by atoms with Crippen molar-refractivity contribution in [3.05, 3.63) is 53.3 Å². The van der Waals surface area contributed by atoms with Gasteiger partial charge >= 0.3 is 6.09 Å². The van der Waals surface area contributed by atoms with Crippen LogP contribution >= 0.6 is 11.6 Å². The summed E-state index contributed by atoms with van der Waals surface area (Å²) >= 11 is 6.56. The summed E-state index contributed by atoms with van der Waals surface area (Å²) in [6.45, 7) is 10.4. The zero-order valence-corrected chi connectivity index (χ0v) is 18.6. The van der Waals surface area contributed by atoms with Gasteiger partial charge in [0.25, 0.3) is 0 Å². The first-order chi connectivity index (χ1) is 14.2. The van der Waals surface area contributed by atoms with Crippen LogP contribution in [0, 0.1) is 6.92 Å². The minimum atomic E-state index is -0.481. The van der Waals surface area contributed by atoms with Crippen LogP contribution in [0.2, 0.25) is 5.02 Å². The third-order valence-corrected chi connectivity index (χ3v) is 5.60. The van der Waals surface area contributed by atoms with Gasteiger partial charge in [0.1, 0.15) is 11.2 Å². The first kappa shape index (κ1) is 20.5. The van der Waals surface area contributed by atoms with E-state index in [2.05, 4.69) is 22.3 Å². The summed E-state index contributed by atoms with van der Waals surface area (Å²) in [6, 6.07) is 12.0. The van der Waals surface area contributed by atoms with Gasteiger partial charge < -0.3 is 18.9 Å². The number of hydrogen-bond acceptors (Lipinski definition) is 4. The van der Waals surface area contributed by atoms with Gasteiger partial charge in [0.05, 0.1) is 10.7 Å². The molecule has 1 aliphatic rings. The van der Waals surface area contributed by atoms with Crippen LogP contribution in [0.4, 0.5) is 10.5 Å². The molecule has 0 radical (unpaired) electrons. The summed E-state index contributed by atoms with van der Waals surface area (Å²) in [6.07, 6.45) is 1.76. The number of rotatable bonds is 2. The zero-order chi connectivity index (χ0) is 21.5. The van der Waals surface area contributed by atoms with Crippen LogP contribution in [0.25, 0.3) is 16.9 Å². The van der Waals surface area contributed by atoms with Gasteiger partial charge in [-0.15, -0.1) is 0 Å². The summed E-state index contributed by atoms with van der Waals surface area (Å²) in [5, 5.41) is 0.678. The highest BCUT2D eigenvalue weighted by Gasteiger charge is 2.26. The number of aromatic nitrogens is 2. The van der Waals surface area contributed by atoms with Gasteiger partial charge in [-0.2, -0.15) is 0 Å². The summed E-state index contributed by atoms with van der Waals surface area (Å²) in [5.41, 5.74) is 4.36. The van der Waals surface area contributed by atoms with Crippen molar-refractivity contribution in [2.75, 3.05) is 31.1 Å². The molecule has 1 saturated heterocycles. The molecule has 0 aliphatic carbocycles. The number of ether oxygens (including phenoxy) is 1. The van der Waals surface area contributed by atoms with Crippen molar-refractivity contribution in [1.82, 2.24) is 14.3 Å². The van der Waals surface area contributed by atoms with Crippen LogP contribution < -0.4 is 4.90 Å². The molecule has 3 aromatic rings. The van der Waals surface area contributed by atoms with Gasteiger partial charge in [-0.3, -0.25) is 0 Å². The molecule has 3 heterocycles. The molecule has 2 aromatic heterocycles. The van der Waals surface area contributed by atoms with E-state index < -0.39 is 5.60 Å². The summed E-state index contributed by atoms with van der Waals surface area (Å²) in [7, 11) is 0. The number of fused-ring (bicyclic) bond motifs is 1. The third kappa shape index (κ3) is 4.10. The van der Waals surface area contributed by atoms with E-state index in [9.17, 15) is 4.79 Å². The third-order valence-electron chi connectivity index (χ3n) is 5.27. The van der Waals surface area contributed by atoms with Crippen LogP contribution in [0.1, 0.15) is 26.5 Å². The fraction of sp³-hybridized carbons (Fsp3) is 0.391. The van der Waals surface area contributed by atoms with E-state index in [1.807, 2.05) is 57.3 Å². The molecule has 4 rings (SSSR count). The Morgan fingerprint density at radius 1 is 1.10 bits per heavy atom. The van der Waals surface area contributed by atoms with Crippen molar-refractivity contribution in [3.63, 3.8) is 0 Å². The molecular weight excluding hydrogens is 400 g/mol. The second-order valence-corrected chi connectivity index (χ2v) is 9.00. The molecule has 1 aromatic carbocycles. The van der Waals surface area contributed by atoms with Crippen LogP contribution in [-0.2, 0) is 4.74 Å². The second kappa shape index (κ2) is 7.84. The minimum Gasteiger partial charge on any atom is -0.444 e. The maximum atomic E-state index is 12.3. The maximum Gasteiger partial charge on any atom is 0.410 e. The van der Waals surface area contributed by atoms with Gasteiger partial charge in [0, 0.05) is 49.3 Å². The van der Waals surface area contributed by atoms with Gasteiger partial charge in [0.2, 0.25) is 0 Å². The normalized spacial score (nSPS) is 15.0. The highest BCUT2D eigenvalue weighted by atomic mass is 35.5. The molecule has 0 spiro atoms. The highest BCUT2D eigenvalue weighted by molar-refractivity contribution is 6.33. The van der Waals surface area contributed by atoms with E-state index >= 15 is 0 Å². The molecule has 30 heavy (non-hydrogen) atoms. The first-order valence-electron chi connectivity index (χ1n) is 10.2. The number of imidazole rings is 1. The number of nitrogens with zero attached hydrogens (tertiary/aromatic N) is 4. The molecule has 0 unspecified atom stereocenters. The van der Waals surface area contributed by atoms with E-state index in [-0.39, 0.29) is 6.09 Å². The number of pyridine rings is 1. The Morgan fingerprint density at radius 3 is 2.50 bits per heavy atom. The smallest absolute Gasteiger partial charge is 0.410 e. The molecule has 7 heteroatoms. The number of amides is 1. The predicted molar refractivity (Wildman–Crippen MR) is 120 cm³/mol. The predicted octanol–water partition coefficient (Wildman–Crippen LogP) is 5.02. The number of carbonyl (C=O) groups is 1. The molecule has 1 amide bonds. The van der Waals surface area contributed by atoms with Crippen LogP contribution in [0.15, 0.2) is 42.6 Å². The Morgan fingerprint density at radius 2 is 1.83 bits per heavy atom. The monoisotopic (exact) mass is 426 g/mol. The average Bonchev–Trinajstić information content (AvgIpc) is 3.04. The van der Waals surface area contributed by atoms with E-state index in [0.29, 0.717) is 18.1 Å². The maximum absolute atomic E-state index is 12.3. The van der Waals surface area contributed by atoms with Crippen molar-refractivity contribution < 1.29 is 9.53 Å². The Hall–Kier alpha value is -2.73. The Balaban J connectivity index is 1.54. The molecule has 1 aliphatic heterocycles. The van der Waals surface area contributed by atoms with E-state index in [4.69, 9.17) is 21.3 Å². The number of halogens is 1. The summed E-state index contributed by atoms with van der Waals surface area (Å²) in [5.74, 6) is 0. The van der Waals surface area contributed by atoms with Crippen molar-refractivity contribution in [1.29, 1.82) is 0 Å². The lowest BCUT2D eigenvalue weighted by atomic mass is 10.1. The van der Waals surface area contributed by atoms with E-state index in [1.165, 1.54) is 0 Å². The summed E-state index contributed by atoms with van der Waals surface area (Å²) in [4.78, 5) is 21.1. The Bertz CT molecular complexity index is 1080. The molecule has 1 fully saturated rings. The van der Waals surface area contributed by atoms with Gasteiger partial charge in [-0.1, -0.05) is 17.7 Å².